The van der Waals surface area contributed by atoms with Crippen LogP contribution in [0.1, 0.15) is 12.2 Å². The molecule has 0 spiro atoms. The molecule has 0 atom stereocenters. The molecule has 10 nitrogen and oxygen atoms in total. The lowest BCUT2D eigenvalue weighted by Crippen LogP contribution is -2.36. The molecule has 140 valence electrons. The molecular formula is C17H17N5O5. The number of ether oxygens (including phenoxy) is 2. The monoisotopic (exact) mass is 371 g/mol. The van der Waals surface area contributed by atoms with Crippen LogP contribution in [0, 0.1) is 0 Å². The van der Waals surface area contributed by atoms with Crippen molar-refractivity contribution in [2.75, 3.05) is 12.1 Å². The molecular weight excluding hydrogens is 354 g/mol. The topological polar surface area (TPSA) is 120 Å². The molecule has 0 bridgehead atoms. The van der Waals surface area contributed by atoms with Crippen molar-refractivity contribution in [3.63, 3.8) is 0 Å². The van der Waals surface area contributed by atoms with Gasteiger partial charge in [0.15, 0.2) is 17.1 Å². The molecule has 0 radical (unpaired) electrons. The number of anilines is 1. The Bertz CT molecular complexity index is 1170. The highest BCUT2D eigenvalue weighted by molar-refractivity contribution is 5.91. The van der Waals surface area contributed by atoms with Crippen molar-refractivity contribution in [2.24, 2.45) is 14.1 Å². The van der Waals surface area contributed by atoms with Crippen LogP contribution in [0.25, 0.3) is 11.2 Å². The summed E-state index contributed by atoms with van der Waals surface area (Å²) in [5.41, 5.74) is 0.216. The van der Waals surface area contributed by atoms with Gasteiger partial charge in [0.2, 0.25) is 12.7 Å². The average Bonchev–Trinajstić information content (AvgIpc) is 3.29. The maximum absolute atomic E-state index is 12.2. The highest BCUT2D eigenvalue weighted by Crippen LogP contribution is 2.34. The fourth-order valence-electron chi connectivity index (χ4n) is 2.92. The second kappa shape index (κ2) is 6.31. The Balaban J connectivity index is 1.48. The molecule has 2 aromatic heterocycles. The predicted octanol–water partition coefficient (Wildman–Crippen LogP) is 0.260. The zero-order chi connectivity index (χ0) is 19.1. The summed E-state index contributed by atoms with van der Waals surface area (Å²) in [6.07, 6.45) is 0.449. The summed E-state index contributed by atoms with van der Waals surface area (Å²) >= 11 is 0. The van der Waals surface area contributed by atoms with Gasteiger partial charge in [-0.15, -0.1) is 0 Å². The number of benzene rings is 1. The van der Waals surface area contributed by atoms with E-state index in [9.17, 15) is 14.4 Å². The van der Waals surface area contributed by atoms with E-state index in [0.29, 0.717) is 29.4 Å². The molecule has 1 amide bonds. The summed E-state index contributed by atoms with van der Waals surface area (Å²) in [7, 11) is 2.95. The lowest BCUT2D eigenvalue weighted by atomic mass is 10.2. The molecule has 3 heterocycles. The summed E-state index contributed by atoms with van der Waals surface area (Å²) in [4.78, 5) is 43.5. The Morgan fingerprint density at radius 3 is 2.81 bits per heavy atom. The van der Waals surface area contributed by atoms with E-state index < -0.39 is 11.2 Å². The number of hydrogen-bond acceptors (Lipinski definition) is 6. The van der Waals surface area contributed by atoms with Crippen LogP contribution in [0.4, 0.5) is 5.69 Å². The minimum Gasteiger partial charge on any atom is -0.454 e. The number of H-pyrrole nitrogens is 1. The van der Waals surface area contributed by atoms with Crippen molar-refractivity contribution in [2.45, 2.75) is 12.8 Å². The Hall–Kier alpha value is -3.56. The number of rotatable bonds is 4. The third kappa shape index (κ3) is 2.94. The smallest absolute Gasteiger partial charge is 0.332 e. The molecule has 3 aromatic rings. The van der Waals surface area contributed by atoms with Gasteiger partial charge in [-0.1, -0.05) is 0 Å². The number of aromatic amines is 1. The summed E-state index contributed by atoms with van der Waals surface area (Å²) in [5, 5.41) is 2.78. The van der Waals surface area contributed by atoms with Crippen LogP contribution in [0.15, 0.2) is 27.8 Å². The van der Waals surface area contributed by atoms with E-state index in [2.05, 4.69) is 15.3 Å². The lowest BCUT2D eigenvalue weighted by molar-refractivity contribution is -0.116. The van der Waals surface area contributed by atoms with Crippen LogP contribution in [-0.2, 0) is 25.3 Å². The molecule has 1 aliphatic rings. The molecule has 0 aliphatic carbocycles. The maximum Gasteiger partial charge on any atom is 0.332 e. The van der Waals surface area contributed by atoms with E-state index in [4.69, 9.17) is 9.47 Å². The number of fused-ring (bicyclic) bond motifs is 2. The summed E-state index contributed by atoms with van der Waals surface area (Å²) in [5.74, 6) is 1.48. The number of nitrogens with zero attached hydrogens (tertiary/aromatic N) is 3. The largest absolute Gasteiger partial charge is 0.454 e. The molecule has 4 rings (SSSR count). The van der Waals surface area contributed by atoms with Gasteiger partial charge in [0.05, 0.1) is 0 Å². The van der Waals surface area contributed by atoms with Crippen LogP contribution >= 0.6 is 0 Å². The van der Waals surface area contributed by atoms with Gasteiger partial charge in [0.25, 0.3) is 5.56 Å². The summed E-state index contributed by atoms with van der Waals surface area (Å²) in [6.45, 7) is 0.167. The van der Waals surface area contributed by atoms with Crippen molar-refractivity contribution in [3.8, 4) is 11.5 Å². The highest BCUT2D eigenvalue weighted by atomic mass is 16.7. The van der Waals surface area contributed by atoms with Gasteiger partial charge < -0.3 is 19.8 Å². The number of aromatic nitrogens is 4. The van der Waals surface area contributed by atoms with Crippen molar-refractivity contribution >= 4 is 22.8 Å². The Morgan fingerprint density at radius 1 is 1.22 bits per heavy atom. The number of hydrogen-bond donors (Lipinski definition) is 2. The van der Waals surface area contributed by atoms with Gasteiger partial charge in [-0.25, -0.2) is 9.78 Å². The van der Waals surface area contributed by atoms with Crippen LogP contribution in [0.2, 0.25) is 0 Å². The normalized spacial score (nSPS) is 12.5. The molecule has 1 aromatic carbocycles. The highest BCUT2D eigenvalue weighted by Gasteiger charge is 2.16. The minimum atomic E-state index is -0.453. The lowest BCUT2D eigenvalue weighted by Gasteiger charge is -2.05. The van der Waals surface area contributed by atoms with E-state index in [1.807, 2.05) is 0 Å². The zero-order valence-electron chi connectivity index (χ0n) is 14.7. The minimum absolute atomic E-state index is 0.155. The Kier molecular flexibility index (Phi) is 3.94. The molecule has 10 heteroatoms. The first-order valence-electron chi connectivity index (χ1n) is 8.28. The van der Waals surface area contributed by atoms with Crippen molar-refractivity contribution in [3.05, 3.63) is 44.9 Å². The molecule has 0 saturated carbocycles. The fourth-order valence-corrected chi connectivity index (χ4v) is 2.92. The first-order valence-corrected chi connectivity index (χ1v) is 8.28. The summed E-state index contributed by atoms with van der Waals surface area (Å²) in [6, 6.07) is 5.15. The number of aryl methyl sites for hydroxylation is 2. The van der Waals surface area contributed by atoms with Crippen molar-refractivity contribution < 1.29 is 14.3 Å². The van der Waals surface area contributed by atoms with Gasteiger partial charge in [-0.05, 0) is 12.1 Å². The number of carbonyl (C=O) groups is 1. The number of nitrogens with one attached hydrogen (secondary N) is 2. The molecule has 0 fully saturated rings. The van der Waals surface area contributed by atoms with Crippen molar-refractivity contribution in [1.82, 2.24) is 19.1 Å². The number of carbonyl (C=O) groups excluding carboxylic acids is 1. The quantitative estimate of drug-likeness (QED) is 0.679. The van der Waals surface area contributed by atoms with Crippen LogP contribution in [0.5, 0.6) is 11.5 Å². The van der Waals surface area contributed by atoms with E-state index in [1.54, 1.807) is 25.2 Å². The van der Waals surface area contributed by atoms with Crippen LogP contribution in [-0.4, -0.2) is 31.8 Å². The first kappa shape index (κ1) is 16.9. The Morgan fingerprint density at radius 2 is 2.00 bits per heavy atom. The predicted molar refractivity (Wildman–Crippen MR) is 96.1 cm³/mol. The maximum atomic E-state index is 12.2. The van der Waals surface area contributed by atoms with Gasteiger partial charge >= 0.3 is 5.69 Å². The number of imidazole rings is 1. The molecule has 0 unspecified atom stereocenters. The van der Waals surface area contributed by atoms with Crippen LogP contribution in [0.3, 0.4) is 0 Å². The van der Waals surface area contributed by atoms with Crippen LogP contribution < -0.4 is 26.0 Å². The Labute approximate surface area is 152 Å². The fraction of sp³-hybridized carbons (Fsp3) is 0.294. The van der Waals surface area contributed by atoms with E-state index in [-0.39, 0.29) is 30.3 Å². The molecule has 2 N–H and O–H groups in total. The molecule has 0 saturated heterocycles. The first-order chi connectivity index (χ1) is 12.9. The van der Waals surface area contributed by atoms with Gasteiger partial charge in [0, 0.05) is 38.7 Å². The third-order valence-electron chi connectivity index (χ3n) is 4.39. The standard InChI is InChI=1S/C17H17N5O5/c1-21-15-14(16(24)22(2)17(21)25)19-12(20-15)5-6-13(23)18-9-3-4-10-11(7-9)27-8-26-10/h3-4,7H,5-6,8H2,1-2H3,(H,18,23)(H,19,20). The van der Waals surface area contributed by atoms with Gasteiger partial charge in [-0.2, -0.15) is 0 Å². The number of amides is 1. The second-order valence-corrected chi connectivity index (χ2v) is 6.20. The zero-order valence-corrected chi connectivity index (χ0v) is 14.7. The van der Waals surface area contributed by atoms with Crippen molar-refractivity contribution in [1.29, 1.82) is 0 Å². The van der Waals surface area contributed by atoms with E-state index in [1.165, 1.54) is 11.6 Å². The second-order valence-electron chi connectivity index (χ2n) is 6.20. The average molecular weight is 371 g/mol. The van der Waals surface area contributed by atoms with E-state index in [0.717, 1.165) is 4.57 Å². The SMILES string of the molecule is Cn1c(=O)c2[nH]c(CCC(=O)Nc3ccc4c(c3)OCO4)nc2n(C)c1=O. The van der Waals surface area contributed by atoms with E-state index >= 15 is 0 Å². The summed E-state index contributed by atoms with van der Waals surface area (Å²) < 4.78 is 12.8. The van der Waals surface area contributed by atoms with Gasteiger partial charge in [0.1, 0.15) is 11.3 Å². The molecule has 27 heavy (non-hydrogen) atoms. The third-order valence-corrected chi connectivity index (χ3v) is 4.39. The van der Waals surface area contributed by atoms with Gasteiger partial charge in [-0.3, -0.25) is 18.7 Å². The molecule has 1 aliphatic heterocycles.